The topological polar surface area (TPSA) is 65.1 Å². The molecule has 3 aromatic rings. The Morgan fingerprint density at radius 2 is 1.91 bits per heavy atom. The number of aliphatic hydroxyl groups excluding tert-OH is 1. The molecule has 112 valence electrons. The number of para-hydroxylation sites is 1. The largest absolute Gasteiger partial charge is 0.394 e. The quantitative estimate of drug-likeness (QED) is 0.677. The molecule has 3 rings (SSSR count). The summed E-state index contributed by atoms with van der Waals surface area (Å²) in [6, 6.07) is 17.0. The van der Waals surface area contributed by atoms with Gasteiger partial charge in [-0.05, 0) is 24.1 Å². The summed E-state index contributed by atoms with van der Waals surface area (Å²) in [6.07, 6.45) is 2.42. The van der Waals surface area contributed by atoms with Crippen LogP contribution in [0.3, 0.4) is 0 Å². The molecule has 3 N–H and O–H groups in total. The molecule has 0 radical (unpaired) electrons. The molecule has 1 amide bonds. The summed E-state index contributed by atoms with van der Waals surface area (Å²) in [5, 5.41) is 13.4. The number of nitrogens with one attached hydrogen (secondary N) is 2. The summed E-state index contributed by atoms with van der Waals surface area (Å²) in [6.45, 7) is -0.0959. The predicted octanol–water partition coefficient (Wildman–Crippen LogP) is 2.50. The number of amides is 1. The van der Waals surface area contributed by atoms with Gasteiger partial charge in [0.2, 0.25) is 0 Å². The van der Waals surface area contributed by atoms with Crippen molar-refractivity contribution in [3.05, 3.63) is 71.9 Å². The van der Waals surface area contributed by atoms with Crippen molar-refractivity contribution in [1.82, 2.24) is 10.3 Å². The van der Waals surface area contributed by atoms with Crippen LogP contribution in [0.2, 0.25) is 0 Å². The fourth-order valence-corrected chi connectivity index (χ4v) is 2.60. The monoisotopic (exact) mass is 294 g/mol. The predicted molar refractivity (Wildman–Crippen MR) is 86.8 cm³/mol. The highest BCUT2D eigenvalue weighted by Gasteiger charge is 2.16. The number of benzene rings is 2. The van der Waals surface area contributed by atoms with Crippen LogP contribution < -0.4 is 5.32 Å². The van der Waals surface area contributed by atoms with Crippen molar-refractivity contribution in [2.45, 2.75) is 12.5 Å². The molecule has 0 aliphatic heterocycles. The lowest BCUT2D eigenvalue weighted by Gasteiger charge is -2.16. The summed E-state index contributed by atoms with van der Waals surface area (Å²) < 4.78 is 0. The second-order valence-corrected chi connectivity index (χ2v) is 5.29. The van der Waals surface area contributed by atoms with Gasteiger partial charge in [-0.3, -0.25) is 4.79 Å². The van der Waals surface area contributed by atoms with Crippen LogP contribution in [0, 0.1) is 0 Å². The number of carbonyl (C=O) groups excluding carboxylic acids is 1. The molecule has 1 aromatic heterocycles. The van der Waals surface area contributed by atoms with E-state index in [1.807, 2.05) is 54.7 Å². The fraction of sp³-hybridized carbons (Fsp3) is 0.167. The van der Waals surface area contributed by atoms with Gasteiger partial charge in [0, 0.05) is 11.6 Å². The first-order valence-corrected chi connectivity index (χ1v) is 7.29. The van der Waals surface area contributed by atoms with Crippen LogP contribution in [-0.4, -0.2) is 28.6 Å². The third-order valence-corrected chi connectivity index (χ3v) is 3.71. The zero-order valence-corrected chi connectivity index (χ0v) is 12.1. The Morgan fingerprint density at radius 1 is 1.09 bits per heavy atom. The molecule has 0 aliphatic carbocycles. The smallest absolute Gasteiger partial charge is 0.253 e. The number of carbonyl (C=O) groups is 1. The molecular formula is C18H18N2O2. The van der Waals surface area contributed by atoms with Crippen molar-refractivity contribution < 1.29 is 9.90 Å². The standard InChI is InChI=1S/C18H18N2O2/c21-12-15(11-13-5-2-1-3-6-13)20-18(22)16-8-4-7-14-9-10-19-17(14)16/h1-10,15,19,21H,11-12H2,(H,20,22). The highest BCUT2D eigenvalue weighted by atomic mass is 16.3. The number of fused-ring (bicyclic) bond motifs is 1. The second kappa shape index (κ2) is 6.45. The van der Waals surface area contributed by atoms with Gasteiger partial charge in [-0.1, -0.05) is 42.5 Å². The van der Waals surface area contributed by atoms with E-state index in [0.717, 1.165) is 16.5 Å². The third-order valence-electron chi connectivity index (χ3n) is 3.71. The molecule has 0 bridgehead atoms. The van der Waals surface area contributed by atoms with Crippen molar-refractivity contribution in [3.8, 4) is 0 Å². The van der Waals surface area contributed by atoms with Crippen molar-refractivity contribution in [2.75, 3.05) is 6.61 Å². The maximum Gasteiger partial charge on any atom is 0.253 e. The number of H-pyrrole nitrogens is 1. The van der Waals surface area contributed by atoms with Crippen LogP contribution in [0.1, 0.15) is 15.9 Å². The van der Waals surface area contributed by atoms with E-state index in [2.05, 4.69) is 10.3 Å². The summed E-state index contributed by atoms with van der Waals surface area (Å²) in [5.74, 6) is -0.178. The van der Waals surface area contributed by atoms with Gasteiger partial charge in [0.15, 0.2) is 0 Å². The molecular weight excluding hydrogens is 276 g/mol. The van der Waals surface area contributed by atoms with E-state index < -0.39 is 0 Å². The van der Waals surface area contributed by atoms with E-state index in [0.29, 0.717) is 12.0 Å². The minimum Gasteiger partial charge on any atom is -0.394 e. The molecule has 1 atom stereocenters. The van der Waals surface area contributed by atoms with E-state index in [-0.39, 0.29) is 18.6 Å². The summed E-state index contributed by atoms with van der Waals surface area (Å²) in [7, 11) is 0. The van der Waals surface area contributed by atoms with Gasteiger partial charge in [0.05, 0.1) is 23.7 Å². The molecule has 2 aromatic carbocycles. The highest BCUT2D eigenvalue weighted by Crippen LogP contribution is 2.17. The van der Waals surface area contributed by atoms with Crippen LogP contribution in [0.15, 0.2) is 60.8 Å². The van der Waals surface area contributed by atoms with Crippen LogP contribution in [-0.2, 0) is 6.42 Å². The molecule has 0 saturated carbocycles. The fourth-order valence-electron chi connectivity index (χ4n) is 2.60. The number of rotatable bonds is 5. The van der Waals surface area contributed by atoms with E-state index in [1.54, 1.807) is 6.07 Å². The molecule has 0 aliphatic rings. The van der Waals surface area contributed by atoms with Crippen molar-refractivity contribution in [3.63, 3.8) is 0 Å². The second-order valence-electron chi connectivity index (χ2n) is 5.29. The zero-order valence-electron chi connectivity index (χ0n) is 12.1. The maximum absolute atomic E-state index is 12.5. The van der Waals surface area contributed by atoms with Gasteiger partial charge in [-0.25, -0.2) is 0 Å². The Balaban J connectivity index is 1.76. The third kappa shape index (κ3) is 3.02. The molecule has 1 unspecified atom stereocenters. The first-order chi connectivity index (χ1) is 10.8. The number of aromatic amines is 1. The minimum absolute atomic E-state index is 0.0959. The maximum atomic E-state index is 12.5. The van der Waals surface area contributed by atoms with Crippen LogP contribution in [0.5, 0.6) is 0 Å². The van der Waals surface area contributed by atoms with Gasteiger partial charge in [0.25, 0.3) is 5.91 Å². The van der Waals surface area contributed by atoms with Crippen molar-refractivity contribution >= 4 is 16.8 Å². The van der Waals surface area contributed by atoms with Gasteiger partial charge in [0.1, 0.15) is 0 Å². The normalized spacial score (nSPS) is 12.2. The van der Waals surface area contributed by atoms with Crippen LogP contribution >= 0.6 is 0 Å². The van der Waals surface area contributed by atoms with Gasteiger partial charge in [-0.15, -0.1) is 0 Å². The average Bonchev–Trinajstić information content (AvgIpc) is 3.03. The Labute approximate surface area is 128 Å². The Hall–Kier alpha value is -2.59. The van der Waals surface area contributed by atoms with Crippen molar-refractivity contribution in [2.24, 2.45) is 0 Å². The number of aromatic nitrogens is 1. The summed E-state index contributed by atoms with van der Waals surface area (Å²) >= 11 is 0. The molecule has 1 heterocycles. The number of hydrogen-bond donors (Lipinski definition) is 3. The van der Waals surface area contributed by atoms with Gasteiger partial charge < -0.3 is 15.4 Å². The van der Waals surface area contributed by atoms with E-state index in [4.69, 9.17) is 0 Å². The molecule has 4 nitrogen and oxygen atoms in total. The lowest BCUT2D eigenvalue weighted by atomic mass is 10.1. The Bertz CT molecular complexity index is 765. The number of hydrogen-bond acceptors (Lipinski definition) is 2. The summed E-state index contributed by atoms with van der Waals surface area (Å²) in [5.41, 5.74) is 2.49. The highest BCUT2D eigenvalue weighted by molar-refractivity contribution is 6.05. The molecule has 0 spiro atoms. The number of aliphatic hydroxyl groups is 1. The molecule has 0 saturated heterocycles. The lowest BCUT2D eigenvalue weighted by molar-refractivity contribution is 0.0918. The van der Waals surface area contributed by atoms with E-state index >= 15 is 0 Å². The Kier molecular flexibility index (Phi) is 4.21. The molecule has 22 heavy (non-hydrogen) atoms. The summed E-state index contributed by atoms with van der Waals surface area (Å²) in [4.78, 5) is 15.6. The lowest BCUT2D eigenvalue weighted by Crippen LogP contribution is -2.39. The first kappa shape index (κ1) is 14.4. The van der Waals surface area contributed by atoms with Gasteiger partial charge in [-0.2, -0.15) is 0 Å². The zero-order chi connectivity index (χ0) is 15.4. The van der Waals surface area contributed by atoms with E-state index in [1.165, 1.54) is 0 Å². The van der Waals surface area contributed by atoms with Crippen LogP contribution in [0.25, 0.3) is 10.9 Å². The molecule has 0 fully saturated rings. The Morgan fingerprint density at radius 3 is 2.68 bits per heavy atom. The van der Waals surface area contributed by atoms with Crippen LogP contribution in [0.4, 0.5) is 0 Å². The minimum atomic E-state index is -0.305. The molecule has 4 heteroatoms. The first-order valence-electron chi connectivity index (χ1n) is 7.29. The SMILES string of the molecule is O=C(NC(CO)Cc1ccccc1)c1cccc2cc[nH]c12. The van der Waals surface area contributed by atoms with Crippen molar-refractivity contribution in [1.29, 1.82) is 0 Å². The van der Waals surface area contributed by atoms with E-state index in [9.17, 15) is 9.90 Å². The van der Waals surface area contributed by atoms with Gasteiger partial charge >= 0.3 is 0 Å². The average molecular weight is 294 g/mol.